The third-order valence-corrected chi connectivity index (χ3v) is 4.28. The van der Waals surface area contributed by atoms with E-state index in [-0.39, 0.29) is 24.4 Å². The lowest BCUT2D eigenvalue weighted by Crippen LogP contribution is -2.29. The number of carbonyl (C=O) groups excluding carboxylic acids is 1. The lowest BCUT2D eigenvalue weighted by Gasteiger charge is -2.13. The number of aliphatic carboxylic acids is 1. The van der Waals surface area contributed by atoms with Crippen molar-refractivity contribution < 1.29 is 19.1 Å². The number of thioether (sulfide) groups is 1. The van der Waals surface area contributed by atoms with E-state index in [9.17, 15) is 9.59 Å². The molecule has 1 amide bonds. The lowest BCUT2D eigenvalue weighted by atomic mass is 10.2. The Morgan fingerprint density at radius 3 is 2.96 bits per heavy atom. The van der Waals surface area contributed by atoms with Crippen molar-refractivity contribution in [3.05, 3.63) is 40.7 Å². The van der Waals surface area contributed by atoms with E-state index in [0.717, 1.165) is 11.8 Å². The van der Waals surface area contributed by atoms with Crippen LogP contribution in [-0.4, -0.2) is 32.7 Å². The number of carbonyl (C=O) groups is 2. The average molecular weight is 348 g/mol. The van der Waals surface area contributed by atoms with Crippen LogP contribution < -0.4 is 0 Å². The number of hydrogen-bond donors (Lipinski definition) is 1. The molecule has 23 heavy (non-hydrogen) atoms. The van der Waals surface area contributed by atoms with Crippen LogP contribution in [0.25, 0.3) is 6.08 Å². The molecular formula is C15H12N2O4S2. The predicted molar refractivity (Wildman–Crippen MR) is 89.2 cm³/mol. The molecule has 1 aliphatic heterocycles. The Hall–Kier alpha value is -2.37. The van der Waals surface area contributed by atoms with Gasteiger partial charge in [0.1, 0.15) is 10.1 Å². The van der Waals surface area contributed by atoms with Gasteiger partial charge in [0, 0.05) is 13.0 Å². The number of carboxylic acid groups (broad SMARTS) is 1. The summed E-state index contributed by atoms with van der Waals surface area (Å²) >= 11 is 6.23. The van der Waals surface area contributed by atoms with E-state index < -0.39 is 5.97 Å². The molecule has 0 unspecified atom stereocenters. The monoisotopic (exact) mass is 348 g/mol. The zero-order valence-electron chi connectivity index (χ0n) is 11.9. The molecule has 0 bridgehead atoms. The highest BCUT2D eigenvalue weighted by Crippen LogP contribution is 2.32. The first-order chi connectivity index (χ1) is 11.0. The number of carboxylic acids is 1. The van der Waals surface area contributed by atoms with Gasteiger partial charge >= 0.3 is 5.97 Å². The SMILES string of the molecule is N#CC(/C=C1\SC(=S)N(CCCC(=O)O)C1=O)=C/c1ccco1. The van der Waals surface area contributed by atoms with E-state index in [0.29, 0.717) is 21.4 Å². The van der Waals surface area contributed by atoms with Gasteiger partial charge in [0.05, 0.1) is 22.8 Å². The molecule has 1 N–H and O–H groups in total. The molecule has 2 rings (SSSR count). The maximum Gasteiger partial charge on any atom is 0.303 e. The maximum atomic E-state index is 12.3. The number of nitriles is 1. The summed E-state index contributed by atoms with van der Waals surface area (Å²) in [5, 5.41) is 17.8. The maximum absolute atomic E-state index is 12.3. The second-order valence-electron chi connectivity index (χ2n) is 4.56. The van der Waals surface area contributed by atoms with Crippen LogP contribution in [0.4, 0.5) is 0 Å². The molecule has 1 aromatic rings. The van der Waals surface area contributed by atoms with Crippen LogP contribution >= 0.6 is 24.0 Å². The van der Waals surface area contributed by atoms with Crippen molar-refractivity contribution in [2.24, 2.45) is 0 Å². The summed E-state index contributed by atoms with van der Waals surface area (Å²) in [6.45, 7) is 0.248. The van der Waals surface area contributed by atoms with Gasteiger partial charge in [0.25, 0.3) is 5.91 Å². The summed E-state index contributed by atoms with van der Waals surface area (Å²) in [7, 11) is 0. The normalized spacial score (nSPS) is 16.9. The Kier molecular flexibility index (Phi) is 5.73. The average Bonchev–Trinajstić information content (AvgIpc) is 3.09. The molecule has 6 nitrogen and oxygen atoms in total. The van der Waals surface area contributed by atoms with Crippen LogP contribution in [0.1, 0.15) is 18.6 Å². The number of rotatable bonds is 6. The largest absolute Gasteiger partial charge is 0.481 e. The van der Waals surface area contributed by atoms with Gasteiger partial charge in [0.15, 0.2) is 0 Å². The van der Waals surface area contributed by atoms with Crippen molar-refractivity contribution in [2.45, 2.75) is 12.8 Å². The van der Waals surface area contributed by atoms with E-state index in [2.05, 4.69) is 0 Å². The first-order valence-electron chi connectivity index (χ1n) is 6.63. The highest BCUT2D eigenvalue weighted by Gasteiger charge is 2.31. The summed E-state index contributed by atoms with van der Waals surface area (Å²) in [6.07, 6.45) is 4.76. The molecule has 0 aromatic carbocycles. The van der Waals surface area contributed by atoms with Crippen LogP contribution in [0.3, 0.4) is 0 Å². The topological polar surface area (TPSA) is 94.5 Å². The molecule has 0 radical (unpaired) electrons. The van der Waals surface area contributed by atoms with Gasteiger partial charge in [-0.1, -0.05) is 24.0 Å². The number of hydrogen-bond acceptors (Lipinski definition) is 6. The standard InChI is InChI=1S/C15H12N2O4S2/c16-9-10(7-11-3-2-6-21-11)8-12-14(20)17(15(22)23-12)5-1-4-13(18)19/h2-3,6-8H,1,4-5H2,(H,18,19)/b10-7+,12-8-. The summed E-state index contributed by atoms with van der Waals surface area (Å²) in [5.41, 5.74) is 0.269. The number of nitrogens with zero attached hydrogens (tertiary/aromatic N) is 2. The second kappa shape index (κ2) is 7.76. The summed E-state index contributed by atoms with van der Waals surface area (Å²) < 4.78 is 5.50. The third-order valence-electron chi connectivity index (χ3n) is 2.90. The third kappa shape index (κ3) is 4.55. The zero-order chi connectivity index (χ0) is 16.8. The summed E-state index contributed by atoms with van der Waals surface area (Å²) in [5.74, 6) is -0.722. The van der Waals surface area contributed by atoms with Crippen molar-refractivity contribution in [1.29, 1.82) is 5.26 Å². The fraction of sp³-hybridized carbons (Fsp3) is 0.200. The van der Waals surface area contributed by atoms with Gasteiger partial charge in [-0.05, 0) is 30.7 Å². The van der Waals surface area contributed by atoms with Crippen molar-refractivity contribution in [3.63, 3.8) is 0 Å². The fourth-order valence-corrected chi connectivity index (χ4v) is 3.15. The molecule has 1 aliphatic rings. The zero-order valence-corrected chi connectivity index (χ0v) is 13.5. The molecule has 0 atom stereocenters. The van der Waals surface area contributed by atoms with Crippen molar-refractivity contribution in [2.75, 3.05) is 6.54 Å². The van der Waals surface area contributed by atoms with Gasteiger partial charge in [-0.15, -0.1) is 0 Å². The van der Waals surface area contributed by atoms with Gasteiger partial charge in [-0.2, -0.15) is 5.26 Å². The van der Waals surface area contributed by atoms with Gasteiger partial charge < -0.3 is 9.52 Å². The number of thiocarbonyl (C=S) groups is 1. The molecule has 1 aromatic heterocycles. The number of furan rings is 1. The molecule has 1 fully saturated rings. The smallest absolute Gasteiger partial charge is 0.303 e. The molecular weight excluding hydrogens is 336 g/mol. The number of allylic oxidation sites excluding steroid dienone is 2. The molecule has 8 heteroatoms. The molecule has 118 valence electrons. The quantitative estimate of drug-likeness (QED) is 0.480. The minimum Gasteiger partial charge on any atom is -0.481 e. The first kappa shape index (κ1) is 17.0. The molecule has 0 spiro atoms. The van der Waals surface area contributed by atoms with E-state index in [1.165, 1.54) is 23.3 Å². The van der Waals surface area contributed by atoms with Gasteiger partial charge in [-0.3, -0.25) is 14.5 Å². The van der Waals surface area contributed by atoms with Crippen LogP contribution in [0.2, 0.25) is 0 Å². The Labute approximate surface area is 142 Å². The van der Waals surface area contributed by atoms with E-state index in [4.69, 9.17) is 27.0 Å². The van der Waals surface area contributed by atoms with Crippen LogP contribution in [-0.2, 0) is 9.59 Å². The predicted octanol–water partition coefficient (Wildman–Crippen LogP) is 2.80. The molecule has 1 saturated heterocycles. The fourth-order valence-electron chi connectivity index (χ4n) is 1.86. The van der Waals surface area contributed by atoms with Crippen LogP contribution in [0.15, 0.2) is 39.4 Å². The van der Waals surface area contributed by atoms with Crippen molar-refractivity contribution >= 4 is 46.3 Å². The molecule has 2 heterocycles. The lowest BCUT2D eigenvalue weighted by molar-refractivity contribution is -0.137. The minimum absolute atomic E-state index is 0.0298. The van der Waals surface area contributed by atoms with Gasteiger partial charge in [0.2, 0.25) is 0 Å². The summed E-state index contributed by atoms with van der Waals surface area (Å²) in [4.78, 5) is 24.5. The van der Waals surface area contributed by atoms with Crippen LogP contribution in [0.5, 0.6) is 0 Å². The van der Waals surface area contributed by atoms with E-state index in [1.54, 1.807) is 12.1 Å². The molecule has 0 saturated carbocycles. The van der Waals surface area contributed by atoms with E-state index >= 15 is 0 Å². The summed E-state index contributed by atoms with van der Waals surface area (Å²) in [6, 6.07) is 5.39. The highest BCUT2D eigenvalue weighted by atomic mass is 32.2. The Bertz CT molecular complexity index is 729. The second-order valence-corrected chi connectivity index (χ2v) is 6.23. The highest BCUT2D eigenvalue weighted by molar-refractivity contribution is 8.26. The first-order valence-corrected chi connectivity index (χ1v) is 7.86. The Morgan fingerprint density at radius 1 is 1.57 bits per heavy atom. The minimum atomic E-state index is -0.917. The van der Waals surface area contributed by atoms with Crippen molar-refractivity contribution in [3.8, 4) is 6.07 Å². The number of amides is 1. The van der Waals surface area contributed by atoms with Gasteiger partial charge in [-0.25, -0.2) is 0 Å². The van der Waals surface area contributed by atoms with E-state index in [1.807, 2.05) is 6.07 Å². The molecule has 0 aliphatic carbocycles. The Morgan fingerprint density at radius 2 is 2.35 bits per heavy atom. The Balaban J connectivity index is 2.11. The van der Waals surface area contributed by atoms with Crippen molar-refractivity contribution in [1.82, 2.24) is 4.90 Å². The van der Waals surface area contributed by atoms with Crippen LogP contribution in [0, 0.1) is 11.3 Å².